The number of benzene rings is 1. The molecule has 1 heterocycles. The third-order valence-corrected chi connectivity index (χ3v) is 11.5. The van der Waals surface area contributed by atoms with E-state index in [2.05, 4.69) is 20.8 Å². The summed E-state index contributed by atoms with van der Waals surface area (Å²) in [6, 6.07) is 7.91. The molecule has 1 aliphatic heterocycles. The van der Waals surface area contributed by atoms with Crippen molar-refractivity contribution < 1.29 is 31.9 Å². The van der Waals surface area contributed by atoms with Gasteiger partial charge in [-0.15, -0.1) is 0 Å². The minimum Gasteiger partial charge on any atom is -0.444 e. The monoisotopic (exact) mass is 530 g/mol. The highest BCUT2D eigenvalue weighted by Crippen LogP contribution is 2.38. The maximum absolute atomic E-state index is 13.6. The SMILES string of the molecule is CC(C)(C)OC(=O)N1CCC(N(CCO[Si](C)(C)C(C)(C)C)C(=O)C(F)(F)F)C[C@H]1c1ccccc1. The maximum Gasteiger partial charge on any atom is 0.471 e. The van der Waals surface area contributed by atoms with Gasteiger partial charge >= 0.3 is 18.2 Å². The molecule has 0 N–H and O–H groups in total. The van der Waals surface area contributed by atoms with Crippen LogP contribution in [0, 0.1) is 0 Å². The molecule has 36 heavy (non-hydrogen) atoms. The van der Waals surface area contributed by atoms with Gasteiger partial charge in [-0.25, -0.2) is 4.79 Å². The molecular weight excluding hydrogens is 489 g/mol. The summed E-state index contributed by atoms with van der Waals surface area (Å²) in [5.74, 6) is -1.87. The number of likely N-dealkylation sites (tertiary alicyclic amines) is 1. The standard InChI is InChI=1S/C26H41F3N2O4Si/c1-24(2,3)35-23(33)31-15-14-20(18-21(31)19-12-10-9-11-13-19)30(22(32)26(27,28)29)16-17-34-36(7,8)25(4,5)6/h9-13,20-21H,14-18H2,1-8H3/t20?,21-/m0/s1. The molecule has 0 spiro atoms. The van der Waals surface area contributed by atoms with E-state index in [4.69, 9.17) is 9.16 Å². The first kappa shape index (κ1) is 30.2. The highest BCUT2D eigenvalue weighted by Gasteiger charge is 2.47. The Morgan fingerprint density at radius 1 is 1.06 bits per heavy atom. The maximum atomic E-state index is 13.6. The number of amides is 2. The third-order valence-electron chi connectivity index (χ3n) is 6.93. The van der Waals surface area contributed by atoms with Crippen molar-refractivity contribution in [2.75, 3.05) is 19.7 Å². The van der Waals surface area contributed by atoms with Crippen LogP contribution in [0.2, 0.25) is 18.1 Å². The van der Waals surface area contributed by atoms with E-state index < -0.39 is 44.2 Å². The molecule has 6 nitrogen and oxygen atoms in total. The molecule has 1 aliphatic rings. The van der Waals surface area contributed by atoms with Gasteiger partial charge in [0.2, 0.25) is 0 Å². The Kier molecular flexibility index (Phi) is 9.32. The summed E-state index contributed by atoms with van der Waals surface area (Å²) in [5, 5.41) is -0.108. The van der Waals surface area contributed by atoms with Gasteiger partial charge in [0.25, 0.3) is 0 Å². The van der Waals surface area contributed by atoms with E-state index in [-0.39, 0.29) is 37.6 Å². The number of hydrogen-bond donors (Lipinski definition) is 0. The van der Waals surface area contributed by atoms with Crippen LogP contribution < -0.4 is 0 Å². The van der Waals surface area contributed by atoms with E-state index in [1.807, 2.05) is 43.4 Å². The van der Waals surface area contributed by atoms with E-state index in [0.29, 0.717) is 0 Å². The van der Waals surface area contributed by atoms with Crippen molar-refractivity contribution in [3.8, 4) is 0 Å². The van der Waals surface area contributed by atoms with Crippen LogP contribution in [0.25, 0.3) is 0 Å². The van der Waals surface area contributed by atoms with Crippen molar-refractivity contribution in [3.63, 3.8) is 0 Å². The van der Waals surface area contributed by atoms with Crippen molar-refractivity contribution in [3.05, 3.63) is 35.9 Å². The van der Waals surface area contributed by atoms with Crippen LogP contribution in [-0.2, 0) is 14.0 Å². The Morgan fingerprint density at radius 2 is 1.64 bits per heavy atom. The van der Waals surface area contributed by atoms with Gasteiger partial charge in [-0.1, -0.05) is 51.1 Å². The fourth-order valence-corrected chi connectivity index (χ4v) is 5.02. The summed E-state index contributed by atoms with van der Waals surface area (Å²) in [4.78, 5) is 27.9. The van der Waals surface area contributed by atoms with Gasteiger partial charge in [0.05, 0.1) is 12.6 Å². The first-order valence-electron chi connectivity index (χ1n) is 12.4. The number of alkyl halides is 3. The zero-order valence-electron chi connectivity index (χ0n) is 22.7. The van der Waals surface area contributed by atoms with Crippen LogP contribution in [0.1, 0.15) is 66.0 Å². The van der Waals surface area contributed by atoms with Crippen LogP contribution in [0.3, 0.4) is 0 Å². The second-order valence-electron chi connectivity index (χ2n) is 11.9. The van der Waals surface area contributed by atoms with Gasteiger partial charge in [-0.2, -0.15) is 13.2 Å². The highest BCUT2D eigenvalue weighted by atomic mass is 28.4. The second-order valence-corrected chi connectivity index (χ2v) is 16.7. The lowest BCUT2D eigenvalue weighted by Crippen LogP contribution is -2.54. The van der Waals surface area contributed by atoms with E-state index in [9.17, 15) is 22.8 Å². The molecule has 0 aliphatic carbocycles. The Morgan fingerprint density at radius 3 is 2.14 bits per heavy atom. The number of ether oxygens (including phenoxy) is 1. The van der Waals surface area contributed by atoms with Gasteiger partial charge < -0.3 is 19.0 Å². The predicted octanol–water partition coefficient (Wildman–Crippen LogP) is 6.54. The molecule has 204 valence electrons. The third kappa shape index (κ3) is 7.96. The average Bonchev–Trinajstić information content (AvgIpc) is 2.74. The quantitative estimate of drug-likeness (QED) is 0.392. The summed E-state index contributed by atoms with van der Waals surface area (Å²) in [5.41, 5.74) is 0.0686. The summed E-state index contributed by atoms with van der Waals surface area (Å²) < 4.78 is 52.5. The Bertz CT molecular complexity index is 895. The number of halogens is 3. The van der Waals surface area contributed by atoms with Crippen molar-refractivity contribution in [1.82, 2.24) is 9.80 Å². The first-order valence-corrected chi connectivity index (χ1v) is 15.3. The Hall–Kier alpha value is -2.07. The van der Waals surface area contributed by atoms with E-state index in [1.165, 1.54) is 0 Å². The van der Waals surface area contributed by atoms with Gasteiger partial charge in [0.1, 0.15) is 5.60 Å². The van der Waals surface area contributed by atoms with Crippen LogP contribution in [0.5, 0.6) is 0 Å². The molecule has 1 saturated heterocycles. The lowest BCUT2D eigenvalue weighted by atomic mass is 9.91. The molecular formula is C26H41F3N2O4Si. The molecule has 0 bridgehead atoms. The summed E-state index contributed by atoms with van der Waals surface area (Å²) >= 11 is 0. The smallest absolute Gasteiger partial charge is 0.444 e. The number of piperidine rings is 1. The molecule has 10 heteroatoms. The average molecular weight is 531 g/mol. The zero-order chi connectivity index (χ0) is 27.5. The number of rotatable bonds is 6. The fourth-order valence-electron chi connectivity index (χ4n) is 3.99. The second kappa shape index (κ2) is 11.1. The van der Waals surface area contributed by atoms with E-state index in [0.717, 1.165) is 10.5 Å². The molecule has 2 atom stereocenters. The van der Waals surface area contributed by atoms with Crippen molar-refractivity contribution in [1.29, 1.82) is 0 Å². The summed E-state index contributed by atoms with van der Waals surface area (Å²) in [7, 11) is -2.21. The minimum absolute atomic E-state index is 0.0284. The van der Waals surface area contributed by atoms with E-state index in [1.54, 1.807) is 25.7 Å². The number of hydrogen-bond acceptors (Lipinski definition) is 4. The fraction of sp³-hybridized carbons (Fsp3) is 0.692. The molecule has 0 saturated carbocycles. The molecule has 0 radical (unpaired) electrons. The minimum atomic E-state index is -5.00. The van der Waals surface area contributed by atoms with E-state index >= 15 is 0 Å². The summed E-state index contributed by atoms with van der Waals surface area (Å²) in [6.07, 6.45) is -5.14. The number of nitrogens with zero attached hydrogens (tertiary/aromatic N) is 2. The van der Waals surface area contributed by atoms with Crippen molar-refractivity contribution in [2.24, 2.45) is 0 Å². The van der Waals surface area contributed by atoms with Crippen molar-refractivity contribution in [2.45, 2.75) is 96.4 Å². The largest absolute Gasteiger partial charge is 0.471 e. The van der Waals surface area contributed by atoms with Crippen LogP contribution in [-0.4, -0.2) is 67.6 Å². The van der Waals surface area contributed by atoms with Crippen molar-refractivity contribution >= 4 is 20.3 Å². The van der Waals surface area contributed by atoms with Crippen LogP contribution in [0.4, 0.5) is 18.0 Å². The first-order chi connectivity index (χ1) is 16.3. The van der Waals surface area contributed by atoms with Gasteiger partial charge in [-0.3, -0.25) is 4.79 Å². The predicted molar refractivity (Wildman–Crippen MR) is 136 cm³/mol. The zero-order valence-corrected chi connectivity index (χ0v) is 23.7. The molecule has 2 rings (SSSR count). The summed E-state index contributed by atoms with van der Waals surface area (Å²) in [6.45, 7) is 15.5. The van der Waals surface area contributed by atoms with Gasteiger partial charge in [0, 0.05) is 19.1 Å². The topological polar surface area (TPSA) is 59.1 Å². The lowest BCUT2D eigenvalue weighted by molar-refractivity contribution is -0.189. The molecule has 1 aromatic rings. The Labute approximate surface area is 214 Å². The van der Waals surface area contributed by atoms with Crippen LogP contribution in [0.15, 0.2) is 30.3 Å². The van der Waals surface area contributed by atoms with Crippen LogP contribution >= 0.6 is 0 Å². The lowest BCUT2D eigenvalue weighted by Gasteiger charge is -2.44. The molecule has 1 fully saturated rings. The molecule has 0 aromatic heterocycles. The highest BCUT2D eigenvalue weighted by molar-refractivity contribution is 6.74. The molecule has 2 amide bonds. The van der Waals surface area contributed by atoms with Gasteiger partial charge in [0.15, 0.2) is 8.32 Å². The Balaban J connectivity index is 2.31. The number of carbonyl (C=O) groups excluding carboxylic acids is 2. The van der Waals surface area contributed by atoms with Gasteiger partial charge in [-0.05, 0) is 57.3 Å². The normalized spacial score (nSPS) is 19.7. The molecule has 1 unspecified atom stereocenters. The molecule has 1 aromatic carbocycles. The number of carbonyl (C=O) groups is 2.